The number of benzene rings is 2. The van der Waals surface area contributed by atoms with E-state index in [0.717, 1.165) is 30.7 Å². The van der Waals surface area contributed by atoms with E-state index in [1.807, 2.05) is 24.3 Å². The van der Waals surface area contributed by atoms with E-state index in [1.54, 1.807) is 0 Å². The maximum atomic E-state index is 12.7. The lowest BCUT2D eigenvalue weighted by molar-refractivity contribution is 0.0512. The summed E-state index contributed by atoms with van der Waals surface area (Å²) >= 11 is 0. The molecule has 2 heterocycles. The van der Waals surface area contributed by atoms with E-state index >= 15 is 0 Å². The number of rotatable bonds is 6. The molecule has 2 aliphatic heterocycles. The first-order chi connectivity index (χ1) is 14.6. The van der Waals surface area contributed by atoms with E-state index in [2.05, 4.69) is 10.3 Å². The van der Waals surface area contributed by atoms with Gasteiger partial charge in [0.25, 0.3) is 0 Å². The number of sulfonamides is 1. The number of nitrogens with zero attached hydrogens (tertiary/aromatic N) is 2. The molecule has 158 valence electrons. The number of amidine groups is 1. The SMILES string of the molecule is O=C(OCCNC1=NCc2ccccc21)c1ccc(S(=O)(=O)N2CCCCC2)cc1. The fourth-order valence-electron chi connectivity index (χ4n) is 3.70. The van der Waals surface area contributed by atoms with Crippen LogP contribution >= 0.6 is 0 Å². The van der Waals surface area contributed by atoms with Crippen LogP contribution in [-0.4, -0.2) is 50.8 Å². The lowest BCUT2D eigenvalue weighted by Gasteiger charge is -2.25. The fraction of sp³-hybridized carbons (Fsp3) is 0.364. The Labute approximate surface area is 176 Å². The van der Waals surface area contributed by atoms with Gasteiger partial charge in [0.1, 0.15) is 12.4 Å². The Balaban J connectivity index is 1.28. The molecule has 0 saturated carbocycles. The Kier molecular flexibility index (Phi) is 6.15. The summed E-state index contributed by atoms with van der Waals surface area (Å²) in [6.45, 7) is 2.39. The van der Waals surface area contributed by atoms with E-state index in [0.29, 0.717) is 31.7 Å². The predicted octanol–water partition coefficient (Wildman–Crippen LogP) is 2.57. The molecule has 0 unspecified atom stereocenters. The summed E-state index contributed by atoms with van der Waals surface area (Å²) in [4.78, 5) is 16.9. The summed E-state index contributed by atoms with van der Waals surface area (Å²) in [5.74, 6) is 0.335. The molecule has 2 aromatic rings. The van der Waals surface area contributed by atoms with Crippen molar-refractivity contribution in [3.8, 4) is 0 Å². The van der Waals surface area contributed by atoms with Gasteiger partial charge < -0.3 is 10.1 Å². The van der Waals surface area contributed by atoms with Gasteiger partial charge in [0.15, 0.2) is 0 Å². The average Bonchev–Trinajstić information content (AvgIpc) is 3.20. The maximum absolute atomic E-state index is 12.7. The van der Waals surface area contributed by atoms with Gasteiger partial charge in [0.2, 0.25) is 10.0 Å². The standard InChI is InChI=1S/C22H25N3O4S/c26-22(29-15-12-23-21-20-7-3-2-6-18(20)16-24-21)17-8-10-19(11-9-17)30(27,28)25-13-4-1-5-14-25/h2-3,6-11H,1,4-5,12-16H2,(H,23,24). The van der Waals surface area contributed by atoms with Gasteiger partial charge in [-0.05, 0) is 42.7 Å². The van der Waals surface area contributed by atoms with Crippen molar-refractivity contribution in [3.05, 3.63) is 65.2 Å². The van der Waals surface area contributed by atoms with Crippen LogP contribution in [-0.2, 0) is 21.3 Å². The van der Waals surface area contributed by atoms with Crippen molar-refractivity contribution in [1.82, 2.24) is 9.62 Å². The highest BCUT2D eigenvalue weighted by molar-refractivity contribution is 7.89. The van der Waals surface area contributed by atoms with Crippen LogP contribution in [0.1, 0.15) is 40.7 Å². The molecule has 0 bridgehead atoms. The Hall–Kier alpha value is -2.71. The Bertz CT molecular complexity index is 1040. The number of ether oxygens (including phenoxy) is 1. The summed E-state index contributed by atoms with van der Waals surface area (Å²) in [5.41, 5.74) is 2.59. The van der Waals surface area contributed by atoms with Gasteiger partial charge in [-0.3, -0.25) is 4.99 Å². The first-order valence-electron chi connectivity index (χ1n) is 10.2. The van der Waals surface area contributed by atoms with Gasteiger partial charge in [-0.2, -0.15) is 4.31 Å². The van der Waals surface area contributed by atoms with Crippen LogP contribution in [0.4, 0.5) is 0 Å². The second-order valence-corrected chi connectivity index (χ2v) is 9.31. The summed E-state index contributed by atoms with van der Waals surface area (Å²) in [7, 11) is -3.50. The third-order valence-corrected chi connectivity index (χ3v) is 7.26. The van der Waals surface area contributed by atoms with Crippen LogP contribution < -0.4 is 5.32 Å². The molecule has 0 radical (unpaired) electrons. The Morgan fingerprint density at radius 2 is 1.77 bits per heavy atom. The van der Waals surface area contributed by atoms with Gasteiger partial charge in [-0.1, -0.05) is 30.7 Å². The van der Waals surface area contributed by atoms with Crippen LogP contribution in [0.3, 0.4) is 0 Å². The Morgan fingerprint density at radius 1 is 1.03 bits per heavy atom. The largest absolute Gasteiger partial charge is 0.460 e. The molecule has 2 aromatic carbocycles. The highest BCUT2D eigenvalue weighted by Crippen LogP contribution is 2.21. The molecule has 7 nitrogen and oxygen atoms in total. The van der Waals surface area contributed by atoms with Gasteiger partial charge in [0.05, 0.1) is 23.5 Å². The lowest BCUT2D eigenvalue weighted by atomic mass is 10.1. The third kappa shape index (κ3) is 4.39. The van der Waals surface area contributed by atoms with Crippen molar-refractivity contribution in [3.63, 3.8) is 0 Å². The summed E-state index contributed by atoms with van der Waals surface area (Å²) < 4.78 is 32.2. The first kappa shape index (κ1) is 20.6. The van der Waals surface area contributed by atoms with Crippen molar-refractivity contribution in [2.45, 2.75) is 30.7 Å². The number of hydrogen-bond donors (Lipinski definition) is 1. The normalized spacial score (nSPS) is 16.6. The molecule has 2 aliphatic rings. The fourth-order valence-corrected chi connectivity index (χ4v) is 5.22. The minimum absolute atomic E-state index is 0.188. The second-order valence-electron chi connectivity index (χ2n) is 7.37. The van der Waals surface area contributed by atoms with E-state index in [1.165, 1.54) is 34.1 Å². The summed E-state index contributed by atoms with van der Waals surface area (Å²) in [5, 5.41) is 3.20. The Morgan fingerprint density at radius 3 is 2.53 bits per heavy atom. The quantitative estimate of drug-likeness (QED) is 0.565. The topological polar surface area (TPSA) is 88.1 Å². The second kappa shape index (κ2) is 8.97. The van der Waals surface area contributed by atoms with Crippen LogP contribution in [0.25, 0.3) is 0 Å². The molecular weight excluding hydrogens is 402 g/mol. The predicted molar refractivity (Wildman–Crippen MR) is 114 cm³/mol. The van der Waals surface area contributed by atoms with Crippen LogP contribution in [0.5, 0.6) is 0 Å². The summed E-state index contributed by atoms with van der Waals surface area (Å²) in [6.07, 6.45) is 2.83. The first-order valence-corrected chi connectivity index (χ1v) is 11.6. The monoisotopic (exact) mass is 427 g/mol. The molecule has 1 saturated heterocycles. The van der Waals surface area contributed by atoms with E-state index < -0.39 is 16.0 Å². The van der Waals surface area contributed by atoms with E-state index in [-0.39, 0.29) is 11.5 Å². The molecule has 0 amide bonds. The minimum Gasteiger partial charge on any atom is -0.460 e. The van der Waals surface area contributed by atoms with Crippen molar-refractivity contribution < 1.29 is 17.9 Å². The van der Waals surface area contributed by atoms with Crippen molar-refractivity contribution in [1.29, 1.82) is 0 Å². The van der Waals surface area contributed by atoms with Gasteiger partial charge in [0, 0.05) is 18.7 Å². The van der Waals surface area contributed by atoms with Crippen LogP contribution in [0.15, 0.2) is 58.4 Å². The number of aliphatic imine (C=N–C) groups is 1. The smallest absolute Gasteiger partial charge is 0.338 e. The number of fused-ring (bicyclic) bond motifs is 1. The molecule has 30 heavy (non-hydrogen) atoms. The van der Waals surface area contributed by atoms with Gasteiger partial charge in [-0.25, -0.2) is 13.2 Å². The number of carbonyl (C=O) groups is 1. The number of hydrogen-bond acceptors (Lipinski definition) is 6. The maximum Gasteiger partial charge on any atom is 0.338 e. The number of carbonyl (C=O) groups excluding carboxylic acids is 1. The molecule has 4 rings (SSSR count). The minimum atomic E-state index is -3.50. The number of esters is 1. The highest BCUT2D eigenvalue weighted by atomic mass is 32.2. The molecular formula is C22H25N3O4S. The highest BCUT2D eigenvalue weighted by Gasteiger charge is 2.26. The molecule has 1 N–H and O–H groups in total. The molecule has 8 heteroatoms. The van der Waals surface area contributed by atoms with E-state index in [4.69, 9.17) is 4.74 Å². The van der Waals surface area contributed by atoms with Gasteiger partial charge >= 0.3 is 5.97 Å². The number of piperidine rings is 1. The van der Waals surface area contributed by atoms with Crippen molar-refractivity contribution in [2.75, 3.05) is 26.2 Å². The van der Waals surface area contributed by atoms with Crippen LogP contribution in [0.2, 0.25) is 0 Å². The van der Waals surface area contributed by atoms with Crippen molar-refractivity contribution >= 4 is 21.8 Å². The average molecular weight is 428 g/mol. The molecule has 0 aliphatic carbocycles. The molecule has 0 atom stereocenters. The molecule has 1 fully saturated rings. The zero-order valence-corrected chi connectivity index (χ0v) is 17.5. The lowest BCUT2D eigenvalue weighted by Crippen LogP contribution is -2.35. The van der Waals surface area contributed by atoms with Gasteiger partial charge in [-0.15, -0.1) is 0 Å². The summed E-state index contributed by atoms with van der Waals surface area (Å²) in [6, 6.07) is 14.0. The molecule has 0 aromatic heterocycles. The number of nitrogens with one attached hydrogen (secondary N) is 1. The molecule has 0 spiro atoms. The van der Waals surface area contributed by atoms with E-state index in [9.17, 15) is 13.2 Å². The van der Waals surface area contributed by atoms with Crippen LogP contribution in [0, 0.1) is 0 Å². The zero-order valence-electron chi connectivity index (χ0n) is 16.7. The third-order valence-electron chi connectivity index (χ3n) is 5.35. The zero-order chi connectivity index (χ0) is 21.0. The van der Waals surface area contributed by atoms with Crippen molar-refractivity contribution in [2.24, 2.45) is 4.99 Å².